The SMILES string of the molecule is N#CC1CCCCCC1Sc1ncccc1Cl. The van der Waals surface area contributed by atoms with Gasteiger partial charge in [0.25, 0.3) is 0 Å². The molecule has 4 heteroatoms. The third kappa shape index (κ3) is 3.37. The summed E-state index contributed by atoms with van der Waals surface area (Å²) in [5.41, 5.74) is 0. The third-order valence-corrected chi connectivity index (χ3v) is 4.94. The van der Waals surface area contributed by atoms with E-state index in [1.165, 1.54) is 19.3 Å². The summed E-state index contributed by atoms with van der Waals surface area (Å²) in [7, 11) is 0. The van der Waals surface area contributed by atoms with Gasteiger partial charge < -0.3 is 0 Å². The molecule has 17 heavy (non-hydrogen) atoms. The van der Waals surface area contributed by atoms with Gasteiger partial charge in [-0.2, -0.15) is 5.26 Å². The maximum absolute atomic E-state index is 9.22. The highest BCUT2D eigenvalue weighted by atomic mass is 35.5. The molecule has 2 unspecified atom stereocenters. The lowest BCUT2D eigenvalue weighted by Gasteiger charge is -2.18. The monoisotopic (exact) mass is 266 g/mol. The molecule has 0 radical (unpaired) electrons. The Morgan fingerprint density at radius 1 is 1.35 bits per heavy atom. The van der Waals surface area contributed by atoms with Crippen LogP contribution in [0.4, 0.5) is 0 Å². The van der Waals surface area contributed by atoms with Gasteiger partial charge in [0.15, 0.2) is 0 Å². The number of halogens is 1. The van der Waals surface area contributed by atoms with Crippen molar-refractivity contribution in [1.29, 1.82) is 5.26 Å². The van der Waals surface area contributed by atoms with E-state index in [0.29, 0.717) is 10.3 Å². The van der Waals surface area contributed by atoms with E-state index in [4.69, 9.17) is 11.6 Å². The van der Waals surface area contributed by atoms with Gasteiger partial charge in [0, 0.05) is 11.4 Å². The van der Waals surface area contributed by atoms with E-state index in [0.717, 1.165) is 17.9 Å². The van der Waals surface area contributed by atoms with Crippen LogP contribution in [-0.4, -0.2) is 10.2 Å². The average molecular weight is 267 g/mol. The van der Waals surface area contributed by atoms with Gasteiger partial charge in [-0.25, -0.2) is 4.98 Å². The van der Waals surface area contributed by atoms with Crippen molar-refractivity contribution < 1.29 is 0 Å². The Hall–Kier alpha value is -0.720. The fourth-order valence-electron chi connectivity index (χ4n) is 2.16. The van der Waals surface area contributed by atoms with Crippen LogP contribution in [0, 0.1) is 17.2 Å². The Morgan fingerprint density at radius 2 is 2.18 bits per heavy atom. The molecule has 0 spiro atoms. The van der Waals surface area contributed by atoms with Crippen molar-refractivity contribution in [2.45, 2.75) is 42.4 Å². The zero-order chi connectivity index (χ0) is 12.1. The first kappa shape index (κ1) is 12.7. The van der Waals surface area contributed by atoms with Gasteiger partial charge in [0.05, 0.1) is 17.0 Å². The second-order valence-corrected chi connectivity index (χ2v) is 5.96. The van der Waals surface area contributed by atoms with Gasteiger partial charge in [-0.3, -0.25) is 0 Å². The largest absolute Gasteiger partial charge is 0.248 e. The number of rotatable bonds is 2. The van der Waals surface area contributed by atoms with Crippen molar-refractivity contribution in [3.05, 3.63) is 23.4 Å². The molecule has 0 aromatic carbocycles. The van der Waals surface area contributed by atoms with Crippen molar-refractivity contribution in [1.82, 2.24) is 4.98 Å². The second kappa shape index (κ2) is 6.28. The first-order valence-electron chi connectivity index (χ1n) is 5.98. The zero-order valence-corrected chi connectivity index (χ0v) is 11.2. The smallest absolute Gasteiger partial charge is 0.115 e. The molecular weight excluding hydrogens is 252 g/mol. The highest BCUT2D eigenvalue weighted by molar-refractivity contribution is 8.00. The van der Waals surface area contributed by atoms with Crippen LogP contribution >= 0.6 is 23.4 Å². The maximum atomic E-state index is 9.22. The lowest BCUT2D eigenvalue weighted by atomic mass is 10.0. The minimum atomic E-state index is 0.139. The molecule has 0 aliphatic heterocycles. The number of nitriles is 1. The van der Waals surface area contributed by atoms with Gasteiger partial charge in [-0.1, -0.05) is 30.9 Å². The molecule has 0 saturated heterocycles. The van der Waals surface area contributed by atoms with Crippen LogP contribution in [0.5, 0.6) is 0 Å². The normalized spacial score (nSPS) is 24.9. The Kier molecular flexibility index (Phi) is 4.70. The zero-order valence-electron chi connectivity index (χ0n) is 9.60. The van der Waals surface area contributed by atoms with E-state index >= 15 is 0 Å². The van der Waals surface area contributed by atoms with Crippen LogP contribution in [0.25, 0.3) is 0 Å². The molecule has 1 saturated carbocycles. The summed E-state index contributed by atoms with van der Waals surface area (Å²) in [4.78, 5) is 4.29. The number of thioether (sulfide) groups is 1. The molecule has 1 aliphatic carbocycles. The lowest BCUT2D eigenvalue weighted by Crippen LogP contribution is -2.14. The Labute approximate surface area is 111 Å². The van der Waals surface area contributed by atoms with Crippen molar-refractivity contribution >= 4 is 23.4 Å². The van der Waals surface area contributed by atoms with Crippen LogP contribution in [0.2, 0.25) is 5.02 Å². The number of hydrogen-bond donors (Lipinski definition) is 0. The van der Waals surface area contributed by atoms with Gasteiger partial charge in [-0.15, -0.1) is 11.8 Å². The molecule has 1 aromatic rings. The van der Waals surface area contributed by atoms with Gasteiger partial charge in [-0.05, 0) is 25.0 Å². The van der Waals surface area contributed by atoms with Crippen molar-refractivity contribution in [3.8, 4) is 6.07 Å². The predicted molar refractivity (Wildman–Crippen MR) is 71.1 cm³/mol. The summed E-state index contributed by atoms with van der Waals surface area (Å²) in [5.74, 6) is 0.139. The highest BCUT2D eigenvalue weighted by Gasteiger charge is 2.25. The van der Waals surface area contributed by atoms with E-state index in [1.807, 2.05) is 12.1 Å². The summed E-state index contributed by atoms with van der Waals surface area (Å²) in [6, 6.07) is 6.13. The van der Waals surface area contributed by atoms with E-state index in [1.54, 1.807) is 18.0 Å². The predicted octanol–water partition coefficient (Wildman–Crippen LogP) is 4.30. The minimum absolute atomic E-state index is 0.139. The van der Waals surface area contributed by atoms with Crippen molar-refractivity contribution in [3.63, 3.8) is 0 Å². The standard InChI is InChI=1S/C13H15ClN2S/c14-11-6-4-8-16-13(11)17-12-7-3-1-2-5-10(12)9-15/h4,6,8,10,12H,1-3,5,7H2. The van der Waals surface area contributed by atoms with E-state index in [9.17, 15) is 5.26 Å². The van der Waals surface area contributed by atoms with Gasteiger partial charge in [0.2, 0.25) is 0 Å². The van der Waals surface area contributed by atoms with Gasteiger partial charge >= 0.3 is 0 Å². The maximum Gasteiger partial charge on any atom is 0.115 e. The molecule has 2 nitrogen and oxygen atoms in total. The summed E-state index contributed by atoms with van der Waals surface area (Å²) < 4.78 is 0. The van der Waals surface area contributed by atoms with E-state index < -0.39 is 0 Å². The van der Waals surface area contributed by atoms with Gasteiger partial charge in [0.1, 0.15) is 5.03 Å². The second-order valence-electron chi connectivity index (χ2n) is 4.32. The molecular formula is C13H15ClN2S. The quantitative estimate of drug-likeness (QED) is 0.749. The molecule has 90 valence electrons. The summed E-state index contributed by atoms with van der Waals surface area (Å²) in [6.45, 7) is 0. The molecule has 0 N–H and O–H groups in total. The third-order valence-electron chi connectivity index (χ3n) is 3.11. The van der Waals surface area contributed by atoms with E-state index in [2.05, 4.69) is 11.1 Å². The fraction of sp³-hybridized carbons (Fsp3) is 0.538. The number of aromatic nitrogens is 1. The number of hydrogen-bond acceptors (Lipinski definition) is 3. The average Bonchev–Trinajstić information content (AvgIpc) is 2.57. The van der Waals surface area contributed by atoms with Crippen LogP contribution in [0.1, 0.15) is 32.1 Å². The Bertz CT molecular complexity index is 416. The summed E-state index contributed by atoms with van der Waals surface area (Å²) >= 11 is 7.78. The van der Waals surface area contributed by atoms with Crippen LogP contribution in [-0.2, 0) is 0 Å². The van der Waals surface area contributed by atoms with Crippen molar-refractivity contribution in [2.24, 2.45) is 5.92 Å². The van der Waals surface area contributed by atoms with Crippen molar-refractivity contribution in [2.75, 3.05) is 0 Å². The van der Waals surface area contributed by atoms with Crippen LogP contribution in [0.3, 0.4) is 0 Å². The summed E-state index contributed by atoms with van der Waals surface area (Å²) in [5, 5.41) is 11.1. The lowest BCUT2D eigenvalue weighted by molar-refractivity contribution is 0.584. The molecule has 1 heterocycles. The Morgan fingerprint density at radius 3 is 2.94 bits per heavy atom. The number of pyridine rings is 1. The number of nitrogens with zero attached hydrogens (tertiary/aromatic N) is 2. The molecule has 1 aliphatic rings. The summed E-state index contributed by atoms with van der Waals surface area (Å²) in [6.07, 6.45) is 7.48. The first-order chi connectivity index (χ1) is 8.31. The van der Waals surface area contributed by atoms with E-state index in [-0.39, 0.29) is 5.92 Å². The molecule has 2 atom stereocenters. The van der Waals surface area contributed by atoms with Crippen LogP contribution < -0.4 is 0 Å². The molecule has 0 amide bonds. The molecule has 2 rings (SSSR count). The first-order valence-corrected chi connectivity index (χ1v) is 7.24. The van der Waals surface area contributed by atoms with Crippen LogP contribution in [0.15, 0.2) is 23.4 Å². The molecule has 1 fully saturated rings. The Balaban J connectivity index is 2.10. The molecule has 0 bridgehead atoms. The topological polar surface area (TPSA) is 36.7 Å². The highest BCUT2D eigenvalue weighted by Crippen LogP contribution is 2.37. The minimum Gasteiger partial charge on any atom is -0.248 e. The fourth-order valence-corrected chi connectivity index (χ4v) is 3.65. The molecule has 1 aromatic heterocycles.